The molecule has 2 aromatic heterocycles. The molecule has 2 aliphatic rings. The third kappa shape index (κ3) is 2.81. The van der Waals surface area contributed by atoms with Crippen molar-refractivity contribution in [2.75, 3.05) is 31.1 Å². The Morgan fingerprint density at radius 2 is 1.92 bits per heavy atom. The predicted molar refractivity (Wildman–Crippen MR) is 93.2 cm³/mol. The lowest BCUT2D eigenvalue weighted by molar-refractivity contribution is -0.150. The third-order valence-electron chi connectivity index (χ3n) is 5.49. The normalized spacial score (nSPS) is 24.8. The summed E-state index contributed by atoms with van der Waals surface area (Å²) in [6, 6.07) is 8.84. The highest BCUT2D eigenvalue weighted by atomic mass is 19.3. The molecule has 0 bridgehead atoms. The van der Waals surface area contributed by atoms with E-state index >= 15 is 0 Å². The Morgan fingerprint density at radius 1 is 1.04 bits per heavy atom. The molecule has 5 nitrogen and oxygen atoms in total. The molecule has 2 fully saturated rings. The van der Waals surface area contributed by atoms with Crippen LogP contribution in [-0.4, -0.2) is 52.9 Å². The van der Waals surface area contributed by atoms with Crippen molar-refractivity contribution in [3.8, 4) is 0 Å². The van der Waals surface area contributed by atoms with E-state index in [0.717, 1.165) is 0 Å². The number of hydrogen-bond donors (Lipinski definition) is 0. The Morgan fingerprint density at radius 3 is 2.65 bits per heavy atom. The Kier molecular flexibility index (Phi) is 4.09. The average molecular weight is 358 g/mol. The number of carbonyl (C=O) groups excluding carboxylic acids is 1. The highest BCUT2D eigenvalue weighted by Gasteiger charge is 2.60. The van der Waals surface area contributed by atoms with Crippen LogP contribution in [0.2, 0.25) is 0 Å². The number of likely N-dealkylation sites (tertiary alicyclic amines) is 1. The van der Waals surface area contributed by atoms with Crippen molar-refractivity contribution in [3.05, 3.63) is 54.5 Å². The second kappa shape index (κ2) is 6.30. The molecule has 7 heteroatoms. The summed E-state index contributed by atoms with van der Waals surface area (Å²) in [5, 5.41) is 0. The number of aromatic nitrogens is 2. The van der Waals surface area contributed by atoms with Crippen molar-refractivity contribution >= 4 is 11.7 Å². The quantitative estimate of drug-likeness (QED) is 0.828. The third-order valence-corrected chi connectivity index (χ3v) is 5.49. The van der Waals surface area contributed by atoms with E-state index in [0.29, 0.717) is 24.3 Å². The van der Waals surface area contributed by atoms with Gasteiger partial charge in [-0.15, -0.1) is 0 Å². The molecule has 4 heterocycles. The predicted octanol–water partition coefficient (Wildman–Crippen LogP) is 2.85. The zero-order valence-electron chi connectivity index (χ0n) is 14.3. The van der Waals surface area contributed by atoms with E-state index in [9.17, 15) is 13.6 Å². The molecule has 0 aromatic carbocycles. The van der Waals surface area contributed by atoms with Crippen LogP contribution in [0.1, 0.15) is 23.2 Å². The molecule has 4 rings (SSSR count). The maximum absolute atomic E-state index is 14.9. The van der Waals surface area contributed by atoms with Crippen LogP contribution in [0, 0.1) is 5.41 Å². The number of pyridine rings is 2. The monoisotopic (exact) mass is 358 g/mol. The lowest BCUT2D eigenvalue weighted by atomic mass is 9.75. The first-order valence-corrected chi connectivity index (χ1v) is 8.74. The van der Waals surface area contributed by atoms with Crippen molar-refractivity contribution < 1.29 is 13.6 Å². The van der Waals surface area contributed by atoms with Gasteiger partial charge in [0.25, 0.3) is 11.8 Å². The van der Waals surface area contributed by atoms with Gasteiger partial charge in [-0.1, -0.05) is 6.07 Å². The highest BCUT2D eigenvalue weighted by molar-refractivity contribution is 5.94. The first-order valence-electron chi connectivity index (χ1n) is 8.74. The summed E-state index contributed by atoms with van der Waals surface area (Å²) in [7, 11) is 0. The fraction of sp³-hybridized carbons (Fsp3) is 0.421. The van der Waals surface area contributed by atoms with Crippen LogP contribution in [0.3, 0.4) is 0 Å². The molecule has 2 aromatic rings. The fourth-order valence-electron chi connectivity index (χ4n) is 3.98. The van der Waals surface area contributed by atoms with E-state index in [-0.39, 0.29) is 32.0 Å². The molecule has 2 aliphatic heterocycles. The van der Waals surface area contributed by atoms with Crippen LogP contribution in [0.4, 0.5) is 14.6 Å². The molecule has 0 N–H and O–H groups in total. The summed E-state index contributed by atoms with van der Waals surface area (Å²) >= 11 is 0. The van der Waals surface area contributed by atoms with Gasteiger partial charge in [0, 0.05) is 51.2 Å². The first kappa shape index (κ1) is 16.9. The van der Waals surface area contributed by atoms with Crippen molar-refractivity contribution in [3.63, 3.8) is 0 Å². The number of halogens is 2. The maximum Gasteiger partial charge on any atom is 0.258 e. The summed E-state index contributed by atoms with van der Waals surface area (Å²) in [6.45, 7) is 0.832. The largest absolute Gasteiger partial charge is 0.356 e. The van der Waals surface area contributed by atoms with Gasteiger partial charge in [0.1, 0.15) is 5.82 Å². The number of anilines is 1. The number of rotatable bonds is 2. The van der Waals surface area contributed by atoms with Crippen LogP contribution in [0.25, 0.3) is 0 Å². The van der Waals surface area contributed by atoms with Crippen LogP contribution in [-0.2, 0) is 0 Å². The number of nitrogens with zero attached hydrogens (tertiary/aromatic N) is 4. The van der Waals surface area contributed by atoms with E-state index in [2.05, 4.69) is 9.97 Å². The van der Waals surface area contributed by atoms with Gasteiger partial charge in [-0.3, -0.25) is 9.78 Å². The minimum absolute atomic E-state index is 0.0526. The molecule has 136 valence electrons. The Labute approximate surface area is 150 Å². The lowest BCUT2D eigenvalue weighted by Crippen LogP contribution is -2.58. The summed E-state index contributed by atoms with van der Waals surface area (Å²) in [4.78, 5) is 24.4. The van der Waals surface area contributed by atoms with Crippen LogP contribution in [0.15, 0.2) is 48.9 Å². The van der Waals surface area contributed by atoms with Gasteiger partial charge in [0.2, 0.25) is 0 Å². The Bertz CT molecular complexity index is 787. The highest BCUT2D eigenvalue weighted by Crippen LogP contribution is 2.50. The van der Waals surface area contributed by atoms with E-state index in [4.69, 9.17) is 0 Å². The van der Waals surface area contributed by atoms with Crippen LogP contribution >= 0.6 is 0 Å². The van der Waals surface area contributed by atoms with Gasteiger partial charge in [-0.05, 0) is 30.7 Å². The van der Waals surface area contributed by atoms with E-state index < -0.39 is 11.3 Å². The standard InChI is InChI=1S/C19H20F2N4O/c20-19(21)7-11-25(17(26)15-4-3-8-22-12-15)14-18(19)6-10-24(13-18)16-5-1-2-9-23-16/h1-5,8-9,12H,6-7,10-11,13-14H2/t18-/m1/s1. The molecule has 0 saturated carbocycles. The number of carbonyl (C=O) groups is 1. The molecule has 1 atom stereocenters. The second-order valence-electron chi connectivity index (χ2n) is 7.06. The molecule has 26 heavy (non-hydrogen) atoms. The molecule has 1 amide bonds. The van der Waals surface area contributed by atoms with Gasteiger partial charge in [0.05, 0.1) is 11.0 Å². The zero-order valence-corrected chi connectivity index (χ0v) is 14.3. The van der Waals surface area contributed by atoms with Crippen LogP contribution in [0.5, 0.6) is 0 Å². The van der Waals surface area contributed by atoms with Gasteiger partial charge in [0.15, 0.2) is 0 Å². The SMILES string of the molecule is O=C(c1cccnc1)N1CCC(F)(F)[C@@]2(CCN(c3ccccn3)C2)C1. The molecule has 0 aliphatic carbocycles. The number of alkyl halides is 2. The zero-order chi connectivity index (χ0) is 18.2. The molecular formula is C19H20F2N4O. The van der Waals surface area contributed by atoms with Crippen molar-refractivity contribution in [1.29, 1.82) is 0 Å². The summed E-state index contributed by atoms with van der Waals surface area (Å²) in [6.07, 6.45) is 4.76. The minimum atomic E-state index is -2.80. The van der Waals surface area contributed by atoms with Gasteiger partial charge in [-0.2, -0.15) is 0 Å². The van der Waals surface area contributed by atoms with E-state index in [1.807, 2.05) is 17.0 Å². The Balaban J connectivity index is 1.57. The van der Waals surface area contributed by atoms with Gasteiger partial charge in [-0.25, -0.2) is 13.8 Å². The van der Waals surface area contributed by atoms with Crippen molar-refractivity contribution in [2.24, 2.45) is 5.41 Å². The first-order chi connectivity index (χ1) is 12.5. The fourth-order valence-corrected chi connectivity index (χ4v) is 3.98. The van der Waals surface area contributed by atoms with Gasteiger partial charge >= 0.3 is 0 Å². The molecule has 2 saturated heterocycles. The summed E-state index contributed by atoms with van der Waals surface area (Å²) in [5.41, 5.74) is -0.798. The summed E-state index contributed by atoms with van der Waals surface area (Å²) < 4.78 is 29.8. The minimum Gasteiger partial charge on any atom is -0.356 e. The van der Waals surface area contributed by atoms with E-state index in [1.165, 1.54) is 6.20 Å². The molecule has 1 spiro atoms. The van der Waals surface area contributed by atoms with Crippen molar-refractivity contribution in [2.45, 2.75) is 18.8 Å². The summed E-state index contributed by atoms with van der Waals surface area (Å²) in [5.74, 6) is -2.33. The molecule has 0 radical (unpaired) electrons. The molecule has 0 unspecified atom stereocenters. The number of piperidine rings is 1. The number of hydrogen-bond acceptors (Lipinski definition) is 4. The van der Waals surface area contributed by atoms with Gasteiger partial charge < -0.3 is 9.80 Å². The lowest BCUT2D eigenvalue weighted by Gasteiger charge is -2.45. The molecular weight excluding hydrogens is 338 g/mol. The second-order valence-corrected chi connectivity index (χ2v) is 7.06. The van der Waals surface area contributed by atoms with Crippen LogP contribution < -0.4 is 4.90 Å². The van der Waals surface area contributed by atoms with E-state index in [1.54, 1.807) is 35.5 Å². The smallest absolute Gasteiger partial charge is 0.258 e. The number of amides is 1. The topological polar surface area (TPSA) is 49.3 Å². The average Bonchev–Trinajstić information content (AvgIpc) is 3.11. The Hall–Kier alpha value is -2.57. The van der Waals surface area contributed by atoms with Crippen molar-refractivity contribution in [1.82, 2.24) is 14.9 Å². The maximum atomic E-state index is 14.9.